The summed E-state index contributed by atoms with van der Waals surface area (Å²) < 4.78 is 5.11. The second-order valence-electron chi connectivity index (χ2n) is 5.78. The number of nitrogens with one attached hydrogen (secondary N) is 2. The molecule has 0 heterocycles. The van der Waals surface area contributed by atoms with Crippen LogP contribution in [0.3, 0.4) is 0 Å². The molecule has 2 atom stereocenters. The average Bonchev–Trinajstić information content (AvgIpc) is 2.62. The summed E-state index contributed by atoms with van der Waals surface area (Å²) in [5, 5.41) is 16.8. The predicted octanol–water partition coefficient (Wildman–Crippen LogP) is 3.55. The van der Waals surface area contributed by atoms with Crippen LogP contribution in [0.1, 0.15) is 18.5 Å². The lowest BCUT2D eigenvalue weighted by Gasteiger charge is -2.23. The maximum atomic E-state index is 12.8. The first-order valence-corrected chi connectivity index (χ1v) is 8.35. The number of carbonyl (C=O) groups is 1. The topological polar surface area (TPSA) is 93.5 Å². The SMILES string of the molecule is COCC(C)NC(C(=O)Nc1ccc([N+](=O)[O-])cc1Cl)c1ccccc1. The largest absolute Gasteiger partial charge is 0.383 e. The third kappa shape index (κ3) is 5.26. The maximum absolute atomic E-state index is 12.8. The number of halogens is 1. The van der Waals surface area contributed by atoms with Gasteiger partial charge >= 0.3 is 0 Å². The number of non-ortho nitro benzene ring substituents is 1. The minimum atomic E-state index is -0.632. The molecule has 26 heavy (non-hydrogen) atoms. The number of nitrogens with zero attached hydrogens (tertiary/aromatic N) is 1. The van der Waals surface area contributed by atoms with Crippen LogP contribution in [0.5, 0.6) is 0 Å². The second-order valence-corrected chi connectivity index (χ2v) is 6.18. The Morgan fingerprint density at radius 2 is 1.96 bits per heavy atom. The van der Waals surface area contributed by atoms with Crippen molar-refractivity contribution in [2.45, 2.75) is 19.0 Å². The van der Waals surface area contributed by atoms with E-state index >= 15 is 0 Å². The van der Waals surface area contributed by atoms with Crippen molar-refractivity contribution in [3.63, 3.8) is 0 Å². The highest BCUT2D eigenvalue weighted by Crippen LogP contribution is 2.27. The van der Waals surface area contributed by atoms with Gasteiger partial charge in [-0.3, -0.25) is 20.2 Å². The molecule has 2 unspecified atom stereocenters. The van der Waals surface area contributed by atoms with Gasteiger partial charge in [-0.1, -0.05) is 41.9 Å². The van der Waals surface area contributed by atoms with Crippen LogP contribution in [0.15, 0.2) is 48.5 Å². The molecule has 0 radical (unpaired) electrons. The van der Waals surface area contributed by atoms with Crippen LogP contribution < -0.4 is 10.6 Å². The first-order chi connectivity index (χ1) is 12.4. The van der Waals surface area contributed by atoms with E-state index in [0.717, 1.165) is 5.56 Å². The highest BCUT2D eigenvalue weighted by atomic mass is 35.5. The number of carbonyl (C=O) groups excluding carboxylic acids is 1. The molecule has 2 rings (SSSR count). The minimum Gasteiger partial charge on any atom is -0.383 e. The van der Waals surface area contributed by atoms with Crippen LogP contribution in [-0.4, -0.2) is 30.6 Å². The molecule has 8 heteroatoms. The summed E-state index contributed by atoms with van der Waals surface area (Å²) in [6, 6.07) is 12.5. The molecule has 0 aliphatic heterocycles. The van der Waals surface area contributed by atoms with E-state index in [4.69, 9.17) is 16.3 Å². The van der Waals surface area contributed by atoms with Gasteiger partial charge in [-0.25, -0.2) is 0 Å². The van der Waals surface area contributed by atoms with Crippen LogP contribution in [0.4, 0.5) is 11.4 Å². The number of rotatable bonds is 8. The quantitative estimate of drug-likeness (QED) is 0.542. The molecular weight excluding hydrogens is 358 g/mol. The van der Waals surface area contributed by atoms with Gasteiger partial charge in [0.2, 0.25) is 5.91 Å². The van der Waals surface area contributed by atoms with Gasteiger partial charge in [0, 0.05) is 25.3 Å². The lowest BCUT2D eigenvalue weighted by Crippen LogP contribution is -2.40. The standard InChI is InChI=1S/C18H20ClN3O4/c1-12(11-26-2)20-17(13-6-4-3-5-7-13)18(23)21-16-9-8-14(22(24)25)10-15(16)19/h3-10,12,17,20H,11H2,1-2H3,(H,21,23). The molecule has 0 saturated heterocycles. The van der Waals surface area contributed by atoms with E-state index in [1.54, 1.807) is 7.11 Å². The molecule has 2 N–H and O–H groups in total. The van der Waals surface area contributed by atoms with Crippen molar-refractivity contribution < 1.29 is 14.5 Å². The second kappa shape index (κ2) is 9.28. The molecule has 0 aromatic heterocycles. The molecule has 0 bridgehead atoms. The molecule has 7 nitrogen and oxygen atoms in total. The van der Waals surface area contributed by atoms with Crippen LogP contribution in [0.2, 0.25) is 5.02 Å². The lowest BCUT2D eigenvalue weighted by molar-refractivity contribution is -0.384. The van der Waals surface area contributed by atoms with E-state index in [1.165, 1.54) is 18.2 Å². The zero-order valence-corrected chi connectivity index (χ0v) is 15.2. The number of methoxy groups -OCH3 is 1. The summed E-state index contributed by atoms with van der Waals surface area (Å²) in [5.41, 5.74) is 0.954. The fourth-order valence-electron chi connectivity index (χ4n) is 2.48. The average molecular weight is 378 g/mol. The summed E-state index contributed by atoms with van der Waals surface area (Å²) in [6.45, 7) is 2.35. The normalized spacial score (nSPS) is 13.0. The predicted molar refractivity (Wildman–Crippen MR) is 100 cm³/mol. The van der Waals surface area contributed by atoms with E-state index < -0.39 is 11.0 Å². The van der Waals surface area contributed by atoms with Gasteiger partial charge in [-0.15, -0.1) is 0 Å². The first kappa shape index (κ1) is 19.8. The van der Waals surface area contributed by atoms with Gasteiger partial charge in [0.05, 0.1) is 22.2 Å². The fourth-order valence-corrected chi connectivity index (χ4v) is 2.70. The number of nitro groups is 1. The number of ether oxygens (including phenoxy) is 1. The molecule has 138 valence electrons. The van der Waals surface area contributed by atoms with E-state index in [-0.39, 0.29) is 22.7 Å². The Hall–Kier alpha value is -2.48. The van der Waals surface area contributed by atoms with Crippen molar-refractivity contribution in [3.05, 3.63) is 69.2 Å². The zero-order valence-electron chi connectivity index (χ0n) is 14.4. The summed E-state index contributed by atoms with van der Waals surface area (Å²) in [6.07, 6.45) is 0. The van der Waals surface area contributed by atoms with Crippen molar-refractivity contribution in [1.82, 2.24) is 5.32 Å². The molecule has 2 aromatic carbocycles. The van der Waals surface area contributed by atoms with Gasteiger partial charge in [0.25, 0.3) is 5.69 Å². The number of benzene rings is 2. The number of nitro benzene ring substituents is 1. The summed E-state index contributed by atoms with van der Waals surface area (Å²) >= 11 is 6.06. The van der Waals surface area contributed by atoms with Gasteiger partial charge < -0.3 is 10.1 Å². The van der Waals surface area contributed by atoms with Crippen molar-refractivity contribution >= 4 is 28.9 Å². The molecule has 2 aromatic rings. The third-order valence-corrected chi connectivity index (χ3v) is 4.00. The molecule has 1 amide bonds. The Kier molecular flexibility index (Phi) is 7.08. The monoisotopic (exact) mass is 377 g/mol. The molecular formula is C18H20ClN3O4. The van der Waals surface area contributed by atoms with Gasteiger partial charge in [0.15, 0.2) is 0 Å². The molecule has 0 aliphatic rings. The van der Waals surface area contributed by atoms with Crippen LogP contribution in [0, 0.1) is 10.1 Å². The Balaban J connectivity index is 2.22. The number of amides is 1. The minimum absolute atomic E-state index is 0.0664. The van der Waals surface area contributed by atoms with Gasteiger partial charge in [-0.05, 0) is 18.6 Å². The maximum Gasteiger partial charge on any atom is 0.271 e. The highest BCUT2D eigenvalue weighted by molar-refractivity contribution is 6.34. The van der Waals surface area contributed by atoms with Crippen molar-refractivity contribution in [1.29, 1.82) is 0 Å². The fraction of sp³-hybridized carbons (Fsp3) is 0.278. The zero-order chi connectivity index (χ0) is 19.1. The molecule has 0 spiro atoms. The summed E-state index contributed by atoms with van der Waals surface area (Å²) in [5.74, 6) is -0.324. The van der Waals surface area contributed by atoms with E-state index in [9.17, 15) is 14.9 Å². The number of hydrogen-bond acceptors (Lipinski definition) is 5. The summed E-state index contributed by atoms with van der Waals surface area (Å²) in [4.78, 5) is 23.1. The number of hydrogen-bond donors (Lipinski definition) is 2. The van der Waals surface area contributed by atoms with E-state index in [0.29, 0.717) is 12.3 Å². The van der Waals surface area contributed by atoms with Crippen molar-refractivity contribution in [2.24, 2.45) is 0 Å². The van der Waals surface area contributed by atoms with Crippen LogP contribution in [-0.2, 0) is 9.53 Å². The van der Waals surface area contributed by atoms with Crippen LogP contribution in [0.25, 0.3) is 0 Å². The van der Waals surface area contributed by atoms with E-state index in [1.807, 2.05) is 37.3 Å². The Bertz CT molecular complexity index is 770. The highest BCUT2D eigenvalue weighted by Gasteiger charge is 2.23. The van der Waals surface area contributed by atoms with E-state index in [2.05, 4.69) is 10.6 Å². The molecule has 0 aliphatic carbocycles. The van der Waals surface area contributed by atoms with Gasteiger partial charge in [-0.2, -0.15) is 0 Å². The Morgan fingerprint density at radius 1 is 1.27 bits per heavy atom. The smallest absolute Gasteiger partial charge is 0.271 e. The Labute approximate surface area is 156 Å². The van der Waals surface area contributed by atoms with Crippen molar-refractivity contribution in [3.8, 4) is 0 Å². The first-order valence-electron chi connectivity index (χ1n) is 7.97. The summed E-state index contributed by atoms with van der Waals surface area (Å²) in [7, 11) is 1.59. The molecule has 0 saturated carbocycles. The van der Waals surface area contributed by atoms with Gasteiger partial charge in [0.1, 0.15) is 6.04 Å². The van der Waals surface area contributed by atoms with Crippen molar-refractivity contribution in [2.75, 3.05) is 19.0 Å². The number of anilines is 1. The Morgan fingerprint density at radius 3 is 2.54 bits per heavy atom. The van der Waals surface area contributed by atoms with Crippen LogP contribution >= 0.6 is 11.6 Å². The lowest BCUT2D eigenvalue weighted by atomic mass is 10.0. The molecule has 0 fully saturated rings. The third-order valence-electron chi connectivity index (χ3n) is 3.68.